The quantitative estimate of drug-likeness (QED) is 0.275. The molecule has 1 atom stereocenters. The van der Waals surface area contributed by atoms with Gasteiger partial charge in [0.05, 0.1) is 6.61 Å². The molecule has 0 saturated carbocycles. The topological polar surface area (TPSA) is 130 Å². The van der Waals surface area contributed by atoms with E-state index in [-0.39, 0.29) is 6.29 Å². The number of aldehydes is 1. The summed E-state index contributed by atoms with van der Waals surface area (Å²) in [6.07, 6.45) is -1.54. The van der Waals surface area contributed by atoms with E-state index in [2.05, 4.69) is 9.26 Å². The van der Waals surface area contributed by atoms with Crippen LogP contribution in [0.4, 0.5) is 0 Å². The molecule has 0 radical (unpaired) electrons. The first-order valence-electron chi connectivity index (χ1n) is 3.35. The Morgan fingerprint density at radius 3 is 2.50 bits per heavy atom. The summed E-state index contributed by atoms with van der Waals surface area (Å²) in [5.41, 5.74) is 0. The molecular weight excluding hydrogens is 219 g/mol. The number of aliphatic hydroxyl groups is 1. The molecule has 3 N–H and O–H groups in total. The van der Waals surface area contributed by atoms with Gasteiger partial charge in [-0.1, -0.05) is 0 Å². The maximum Gasteiger partial charge on any atom is 0.469 e. The number of aliphatic hydroxyl groups excluding tert-OH is 1. The Bertz CT molecular complexity index is 244. The zero-order valence-corrected chi connectivity index (χ0v) is 7.79. The van der Waals surface area contributed by atoms with Crippen LogP contribution in [0.2, 0.25) is 0 Å². The number of phosphoric ester groups is 1. The van der Waals surface area contributed by atoms with Gasteiger partial charge in [0.15, 0.2) is 12.4 Å². The summed E-state index contributed by atoms with van der Waals surface area (Å²) in [7, 11) is -4.72. The van der Waals surface area contributed by atoms with Gasteiger partial charge in [0.2, 0.25) is 0 Å². The molecule has 14 heavy (non-hydrogen) atoms. The minimum absolute atomic E-state index is 0.286. The van der Waals surface area contributed by atoms with E-state index in [0.717, 1.165) is 0 Å². The summed E-state index contributed by atoms with van der Waals surface area (Å²) in [5, 5.41) is 8.85. The Hall–Kier alpha value is -0.790. The van der Waals surface area contributed by atoms with Crippen molar-refractivity contribution in [2.45, 2.75) is 6.10 Å². The average Bonchev–Trinajstić information content (AvgIpc) is 2.09. The van der Waals surface area contributed by atoms with Gasteiger partial charge in [-0.15, -0.1) is 0 Å². The van der Waals surface area contributed by atoms with Crippen LogP contribution in [0.1, 0.15) is 0 Å². The molecule has 0 aliphatic carbocycles. The standard InChI is InChI=1S/C5H9O8P/c6-1-2-12-5(8)4(7)3-13-14(9,10)11/h1,4,7H,2-3H2,(H2,9,10,11). The summed E-state index contributed by atoms with van der Waals surface area (Å²) in [6.45, 7) is -1.44. The average molecular weight is 228 g/mol. The minimum atomic E-state index is -4.72. The second kappa shape index (κ2) is 5.84. The summed E-state index contributed by atoms with van der Waals surface area (Å²) in [6, 6.07) is 0. The highest BCUT2D eigenvalue weighted by Gasteiger charge is 2.22. The Morgan fingerprint density at radius 1 is 1.50 bits per heavy atom. The highest BCUT2D eigenvalue weighted by Crippen LogP contribution is 2.35. The third kappa shape index (κ3) is 6.70. The van der Waals surface area contributed by atoms with Crippen LogP contribution in [-0.2, 0) is 23.4 Å². The molecule has 0 heterocycles. The largest absolute Gasteiger partial charge is 0.469 e. The van der Waals surface area contributed by atoms with Crippen molar-refractivity contribution in [3.63, 3.8) is 0 Å². The van der Waals surface area contributed by atoms with E-state index in [4.69, 9.17) is 14.9 Å². The van der Waals surface area contributed by atoms with Crippen molar-refractivity contribution in [2.75, 3.05) is 13.2 Å². The predicted molar refractivity (Wildman–Crippen MR) is 41.0 cm³/mol. The number of carbonyl (C=O) groups excluding carboxylic acids is 2. The Kier molecular flexibility index (Phi) is 5.51. The van der Waals surface area contributed by atoms with E-state index >= 15 is 0 Å². The molecule has 1 unspecified atom stereocenters. The third-order valence-electron chi connectivity index (χ3n) is 0.966. The van der Waals surface area contributed by atoms with Crippen molar-refractivity contribution in [1.82, 2.24) is 0 Å². The molecule has 0 aliphatic rings. The fourth-order valence-corrected chi connectivity index (χ4v) is 0.783. The van der Waals surface area contributed by atoms with Crippen LogP contribution in [0.25, 0.3) is 0 Å². The first-order valence-corrected chi connectivity index (χ1v) is 4.88. The van der Waals surface area contributed by atoms with Crippen molar-refractivity contribution in [3.8, 4) is 0 Å². The smallest absolute Gasteiger partial charge is 0.456 e. The van der Waals surface area contributed by atoms with E-state index in [1.165, 1.54) is 0 Å². The zero-order valence-electron chi connectivity index (χ0n) is 6.90. The SMILES string of the molecule is O=CCOC(=O)C(O)COP(=O)(O)O. The fraction of sp³-hybridized carbons (Fsp3) is 0.600. The van der Waals surface area contributed by atoms with Gasteiger partial charge in [0.25, 0.3) is 0 Å². The molecule has 0 fully saturated rings. The van der Waals surface area contributed by atoms with Crippen LogP contribution in [0, 0.1) is 0 Å². The second-order valence-electron chi connectivity index (χ2n) is 2.10. The normalized spacial score (nSPS) is 13.4. The molecule has 0 aliphatic heterocycles. The molecule has 0 aromatic carbocycles. The first kappa shape index (κ1) is 13.2. The van der Waals surface area contributed by atoms with Gasteiger partial charge < -0.3 is 19.6 Å². The maximum atomic E-state index is 10.7. The Balaban J connectivity index is 3.84. The molecule has 9 heteroatoms. The van der Waals surface area contributed by atoms with Crippen molar-refractivity contribution < 1.29 is 38.3 Å². The number of rotatable bonds is 6. The predicted octanol–water partition coefficient (Wildman–Crippen LogP) is -1.80. The van der Waals surface area contributed by atoms with Crippen molar-refractivity contribution in [3.05, 3.63) is 0 Å². The zero-order chi connectivity index (χ0) is 11.2. The summed E-state index contributed by atoms with van der Waals surface area (Å²) in [4.78, 5) is 36.8. The van der Waals surface area contributed by atoms with Gasteiger partial charge in [-0.25, -0.2) is 9.36 Å². The highest BCUT2D eigenvalue weighted by atomic mass is 31.2. The number of hydrogen-bond acceptors (Lipinski definition) is 6. The molecule has 0 saturated heterocycles. The monoisotopic (exact) mass is 228 g/mol. The van der Waals surface area contributed by atoms with Gasteiger partial charge >= 0.3 is 13.8 Å². The number of hydrogen-bond donors (Lipinski definition) is 3. The molecular formula is C5H9O8P. The number of phosphoric acid groups is 1. The molecule has 0 amide bonds. The molecule has 0 rings (SSSR count). The van der Waals surface area contributed by atoms with E-state index in [1.54, 1.807) is 0 Å². The van der Waals surface area contributed by atoms with Crippen LogP contribution in [0.5, 0.6) is 0 Å². The van der Waals surface area contributed by atoms with Crippen LogP contribution in [0.15, 0.2) is 0 Å². The number of carbonyl (C=O) groups is 2. The van der Waals surface area contributed by atoms with Gasteiger partial charge in [-0.2, -0.15) is 0 Å². The molecule has 0 bridgehead atoms. The van der Waals surface area contributed by atoms with Crippen LogP contribution < -0.4 is 0 Å². The van der Waals surface area contributed by atoms with Crippen molar-refractivity contribution >= 4 is 20.1 Å². The number of ether oxygens (including phenoxy) is 1. The Morgan fingerprint density at radius 2 is 2.07 bits per heavy atom. The lowest BCUT2D eigenvalue weighted by molar-refractivity contribution is -0.156. The van der Waals surface area contributed by atoms with E-state index in [1.807, 2.05) is 0 Å². The summed E-state index contributed by atoms with van der Waals surface area (Å²) in [5.74, 6) is -1.19. The van der Waals surface area contributed by atoms with Crippen molar-refractivity contribution in [2.24, 2.45) is 0 Å². The lowest BCUT2D eigenvalue weighted by Crippen LogP contribution is -2.28. The molecule has 8 nitrogen and oxygen atoms in total. The van der Waals surface area contributed by atoms with Gasteiger partial charge in [-0.05, 0) is 0 Å². The molecule has 0 spiro atoms. The van der Waals surface area contributed by atoms with Gasteiger partial charge in [-0.3, -0.25) is 9.32 Å². The van der Waals surface area contributed by atoms with Crippen LogP contribution in [0.3, 0.4) is 0 Å². The third-order valence-corrected chi connectivity index (χ3v) is 1.45. The van der Waals surface area contributed by atoms with Crippen LogP contribution >= 0.6 is 7.82 Å². The van der Waals surface area contributed by atoms with E-state index in [9.17, 15) is 14.2 Å². The Labute approximate surface area is 78.7 Å². The highest BCUT2D eigenvalue weighted by molar-refractivity contribution is 7.46. The fourth-order valence-electron chi connectivity index (χ4n) is 0.448. The molecule has 0 aromatic heterocycles. The van der Waals surface area contributed by atoms with E-state index < -0.39 is 33.1 Å². The number of esters is 1. The molecule has 0 aromatic rings. The lowest BCUT2D eigenvalue weighted by atomic mass is 10.4. The summed E-state index contributed by atoms with van der Waals surface area (Å²) < 4.78 is 18.1. The van der Waals surface area contributed by atoms with Crippen molar-refractivity contribution in [1.29, 1.82) is 0 Å². The maximum absolute atomic E-state index is 10.7. The second-order valence-corrected chi connectivity index (χ2v) is 3.34. The van der Waals surface area contributed by atoms with Gasteiger partial charge in [0.1, 0.15) is 6.61 Å². The van der Waals surface area contributed by atoms with Crippen LogP contribution in [-0.4, -0.2) is 46.5 Å². The lowest BCUT2D eigenvalue weighted by Gasteiger charge is -2.09. The summed E-state index contributed by atoms with van der Waals surface area (Å²) >= 11 is 0. The first-order chi connectivity index (χ1) is 6.37. The molecule has 82 valence electrons. The van der Waals surface area contributed by atoms with Gasteiger partial charge in [0, 0.05) is 0 Å². The minimum Gasteiger partial charge on any atom is -0.456 e. The van der Waals surface area contributed by atoms with E-state index in [0.29, 0.717) is 0 Å².